The zero-order valence-corrected chi connectivity index (χ0v) is 15.3. The van der Waals surface area contributed by atoms with Crippen molar-refractivity contribution >= 4 is 11.8 Å². The molecule has 0 amide bonds. The summed E-state index contributed by atoms with van der Waals surface area (Å²) < 4.78 is 0. The van der Waals surface area contributed by atoms with Gasteiger partial charge in [-0.05, 0) is 24.5 Å². The van der Waals surface area contributed by atoms with E-state index < -0.39 is 0 Å². The smallest absolute Gasteiger partial charge is 0.0925 e. The number of nitrogens with zero attached hydrogens (tertiary/aromatic N) is 3. The SMILES string of the molecule is CSCC[C@H]1c2nc[nH]c2CCN1Cc1cc(C(C)(C)C)n[nH]1. The average Bonchev–Trinajstić information content (AvgIpc) is 3.14. The fraction of sp³-hybridized carbons (Fsp3) is 0.647. The van der Waals surface area contributed by atoms with Gasteiger partial charge in [-0.25, -0.2) is 4.98 Å². The molecular weight excluding hydrogens is 306 g/mol. The molecule has 2 N–H and O–H groups in total. The van der Waals surface area contributed by atoms with Gasteiger partial charge < -0.3 is 4.98 Å². The van der Waals surface area contributed by atoms with Crippen LogP contribution in [0.2, 0.25) is 0 Å². The minimum absolute atomic E-state index is 0.0876. The van der Waals surface area contributed by atoms with Crippen molar-refractivity contribution in [2.24, 2.45) is 0 Å². The molecule has 0 saturated carbocycles. The number of hydrogen-bond acceptors (Lipinski definition) is 4. The maximum atomic E-state index is 4.60. The quantitative estimate of drug-likeness (QED) is 0.881. The van der Waals surface area contributed by atoms with Gasteiger partial charge in [0, 0.05) is 36.3 Å². The van der Waals surface area contributed by atoms with Gasteiger partial charge in [-0.2, -0.15) is 16.9 Å². The third-order valence-electron chi connectivity index (χ3n) is 4.53. The molecule has 1 aliphatic rings. The Labute approximate surface area is 142 Å². The first-order valence-electron chi connectivity index (χ1n) is 8.29. The van der Waals surface area contributed by atoms with Gasteiger partial charge >= 0.3 is 0 Å². The highest BCUT2D eigenvalue weighted by Crippen LogP contribution is 2.32. The van der Waals surface area contributed by atoms with Crippen LogP contribution in [0.25, 0.3) is 0 Å². The molecule has 2 aromatic rings. The highest BCUT2D eigenvalue weighted by atomic mass is 32.2. The fourth-order valence-electron chi connectivity index (χ4n) is 3.19. The largest absolute Gasteiger partial charge is 0.348 e. The summed E-state index contributed by atoms with van der Waals surface area (Å²) in [6.45, 7) is 8.58. The molecule has 0 aliphatic carbocycles. The van der Waals surface area contributed by atoms with Crippen LogP contribution in [-0.4, -0.2) is 43.6 Å². The number of imidazole rings is 1. The number of fused-ring (bicyclic) bond motifs is 1. The molecule has 0 saturated heterocycles. The monoisotopic (exact) mass is 333 g/mol. The minimum atomic E-state index is 0.0876. The molecule has 23 heavy (non-hydrogen) atoms. The molecular formula is C17H27N5S. The van der Waals surface area contributed by atoms with Crippen molar-refractivity contribution in [3.8, 4) is 0 Å². The van der Waals surface area contributed by atoms with Crippen LogP contribution in [0.4, 0.5) is 0 Å². The van der Waals surface area contributed by atoms with Gasteiger partial charge in [-0.3, -0.25) is 10.00 Å². The second-order valence-electron chi connectivity index (χ2n) is 7.31. The number of H-pyrrole nitrogens is 2. The van der Waals surface area contributed by atoms with E-state index in [-0.39, 0.29) is 5.41 Å². The second-order valence-corrected chi connectivity index (χ2v) is 8.30. The van der Waals surface area contributed by atoms with Gasteiger partial charge in [0.05, 0.1) is 23.8 Å². The van der Waals surface area contributed by atoms with Crippen molar-refractivity contribution in [1.82, 2.24) is 25.1 Å². The lowest BCUT2D eigenvalue weighted by Crippen LogP contribution is -2.35. The molecule has 0 bridgehead atoms. The molecule has 1 aliphatic heterocycles. The first-order valence-corrected chi connectivity index (χ1v) is 9.68. The van der Waals surface area contributed by atoms with Gasteiger partial charge in [-0.15, -0.1) is 0 Å². The third kappa shape index (κ3) is 3.63. The Morgan fingerprint density at radius 3 is 2.91 bits per heavy atom. The molecule has 0 spiro atoms. The normalized spacial score (nSPS) is 19.0. The standard InChI is InChI=1S/C17H27N5S/c1-17(2,3)15-9-12(20-21-15)10-22-7-5-13-16(19-11-18-13)14(22)6-8-23-4/h9,11,14H,5-8,10H2,1-4H3,(H,18,19)(H,20,21)/t14-/m0/s1. The lowest BCUT2D eigenvalue weighted by molar-refractivity contribution is 0.166. The first kappa shape index (κ1) is 16.6. The Hall–Kier alpha value is -1.27. The van der Waals surface area contributed by atoms with E-state index in [9.17, 15) is 0 Å². The summed E-state index contributed by atoms with van der Waals surface area (Å²) >= 11 is 1.90. The van der Waals surface area contributed by atoms with Crippen molar-refractivity contribution in [2.75, 3.05) is 18.6 Å². The van der Waals surface area contributed by atoms with Gasteiger partial charge in [0.1, 0.15) is 0 Å². The molecule has 6 heteroatoms. The lowest BCUT2D eigenvalue weighted by atomic mass is 9.92. The predicted octanol–water partition coefficient (Wildman–Crippen LogP) is 3.28. The molecule has 3 rings (SSSR count). The number of rotatable bonds is 5. The third-order valence-corrected chi connectivity index (χ3v) is 5.17. The van der Waals surface area contributed by atoms with Crippen LogP contribution in [0.3, 0.4) is 0 Å². The van der Waals surface area contributed by atoms with Crippen LogP contribution in [-0.2, 0) is 18.4 Å². The number of thioether (sulfide) groups is 1. The lowest BCUT2D eigenvalue weighted by Gasteiger charge is -2.34. The molecule has 0 radical (unpaired) electrons. The van der Waals surface area contributed by atoms with Crippen molar-refractivity contribution in [3.05, 3.63) is 35.2 Å². The summed E-state index contributed by atoms with van der Waals surface area (Å²) in [6, 6.07) is 2.62. The minimum Gasteiger partial charge on any atom is -0.348 e. The van der Waals surface area contributed by atoms with Crippen molar-refractivity contribution in [1.29, 1.82) is 0 Å². The van der Waals surface area contributed by atoms with E-state index in [0.717, 1.165) is 37.4 Å². The summed E-state index contributed by atoms with van der Waals surface area (Å²) in [5.41, 5.74) is 4.96. The van der Waals surface area contributed by atoms with Gasteiger partial charge in [-0.1, -0.05) is 20.8 Å². The number of hydrogen-bond donors (Lipinski definition) is 2. The van der Waals surface area contributed by atoms with E-state index in [1.807, 2.05) is 18.1 Å². The zero-order valence-electron chi connectivity index (χ0n) is 14.5. The molecule has 2 aromatic heterocycles. The van der Waals surface area contributed by atoms with Gasteiger partial charge in [0.2, 0.25) is 0 Å². The Bertz CT molecular complexity index is 639. The fourth-order valence-corrected chi connectivity index (χ4v) is 3.65. The predicted molar refractivity (Wildman–Crippen MR) is 95.7 cm³/mol. The Morgan fingerprint density at radius 1 is 1.39 bits per heavy atom. The highest BCUT2D eigenvalue weighted by molar-refractivity contribution is 7.98. The summed E-state index contributed by atoms with van der Waals surface area (Å²) in [5, 5.41) is 7.73. The Morgan fingerprint density at radius 2 is 2.22 bits per heavy atom. The number of aromatic amines is 2. The van der Waals surface area contributed by atoms with Crippen molar-refractivity contribution in [3.63, 3.8) is 0 Å². The van der Waals surface area contributed by atoms with E-state index in [0.29, 0.717) is 6.04 Å². The molecule has 3 heterocycles. The summed E-state index contributed by atoms with van der Waals surface area (Å²) in [5.74, 6) is 1.16. The van der Waals surface area contributed by atoms with Crippen LogP contribution in [0.1, 0.15) is 56.0 Å². The first-order chi connectivity index (χ1) is 11.0. The molecule has 126 valence electrons. The number of nitrogens with one attached hydrogen (secondary N) is 2. The average molecular weight is 334 g/mol. The van der Waals surface area contributed by atoms with Crippen molar-refractivity contribution in [2.45, 2.75) is 51.6 Å². The van der Waals surface area contributed by atoms with Gasteiger partial charge in [0.25, 0.3) is 0 Å². The Kier molecular flexibility index (Phi) is 4.82. The van der Waals surface area contributed by atoms with Crippen LogP contribution in [0, 0.1) is 0 Å². The maximum absolute atomic E-state index is 4.60. The zero-order chi connectivity index (χ0) is 16.4. The molecule has 0 aromatic carbocycles. The second kappa shape index (κ2) is 6.69. The van der Waals surface area contributed by atoms with Crippen LogP contribution in [0.15, 0.2) is 12.4 Å². The van der Waals surface area contributed by atoms with Crippen LogP contribution < -0.4 is 0 Å². The Balaban J connectivity index is 1.77. The van der Waals surface area contributed by atoms with Crippen LogP contribution in [0.5, 0.6) is 0 Å². The molecule has 0 fully saturated rings. The van der Waals surface area contributed by atoms with Crippen molar-refractivity contribution < 1.29 is 0 Å². The maximum Gasteiger partial charge on any atom is 0.0925 e. The van der Waals surface area contributed by atoms with E-state index in [4.69, 9.17) is 0 Å². The van der Waals surface area contributed by atoms with E-state index in [2.05, 4.69) is 58.2 Å². The van der Waals surface area contributed by atoms with E-state index >= 15 is 0 Å². The molecule has 0 unspecified atom stereocenters. The number of aromatic nitrogens is 4. The molecule has 5 nitrogen and oxygen atoms in total. The summed E-state index contributed by atoms with van der Waals surface area (Å²) in [6.07, 6.45) is 6.20. The molecule has 1 atom stereocenters. The van der Waals surface area contributed by atoms with E-state index in [1.54, 1.807) is 0 Å². The highest BCUT2D eigenvalue weighted by Gasteiger charge is 2.29. The summed E-state index contributed by atoms with van der Waals surface area (Å²) in [7, 11) is 0. The van der Waals surface area contributed by atoms with Crippen LogP contribution >= 0.6 is 11.8 Å². The summed E-state index contributed by atoms with van der Waals surface area (Å²) in [4.78, 5) is 10.4. The topological polar surface area (TPSA) is 60.6 Å². The van der Waals surface area contributed by atoms with Gasteiger partial charge in [0.15, 0.2) is 0 Å². The van der Waals surface area contributed by atoms with E-state index in [1.165, 1.54) is 17.1 Å².